The molecule has 1 heterocycles. The zero-order valence-electron chi connectivity index (χ0n) is 8.96. The third-order valence-electron chi connectivity index (χ3n) is 2.43. The number of nitrogens with zero attached hydrogens (tertiary/aromatic N) is 1. The highest BCUT2D eigenvalue weighted by Crippen LogP contribution is 2.17. The second-order valence-corrected chi connectivity index (χ2v) is 3.72. The van der Waals surface area contributed by atoms with Crippen molar-refractivity contribution in [3.8, 4) is 0 Å². The van der Waals surface area contributed by atoms with E-state index in [1.54, 1.807) is 0 Å². The van der Waals surface area contributed by atoms with Crippen LogP contribution in [-0.2, 0) is 9.59 Å². The quantitative estimate of drug-likeness (QED) is 0.656. The van der Waals surface area contributed by atoms with Crippen LogP contribution in [0.4, 0.5) is 4.79 Å². The average molecular weight is 248 g/mol. The van der Waals surface area contributed by atoms with Gasteiger partial charge in [0.25, 0.3) is 0 Å². The lowest BCUT2D eigenvalue weighted by Crippen LogP contribution is -2.50. The number of alkyl halides is 1. The van der Waals surface area contributed by atoms with Gasteiger partial charge in [0, 0.05) is 13.6 Å². The fourth-order valence-corrected chi connectivity index (χ4v) is 1.74. The molecule has 16 heavy (non-hydrogen) atoms. The molecule has 1 saturated heterocycles. The van der Waals surface area contributed by atoms with Gasteiger partial charge < -0.3 is 10.2 Å². The number of rotatable bonds is 2. The van der Waals surface area contributed by atoms with Gasteiger partial charge in [0.15, 0.2) is 0 Å². The van der Waals surface area contributed by atoms with E-state index in [-0.39, 0.29) is 11.8 Å². The molecule has 1 aliphatic rings. The molecule has 6 nitrogen and oxygen atoms in total. The average Bonchev–Trinajstić information content (AvgIpc) is 2.76. The standard InChI is InChI=1S/C9H14ClN3O3/c1-11-8(15)6-3-2-4-13(6)9(16)12-7(14)5-10/h6H,2-5H2,1H3,(H,11,15)(H,12,14,16). The molecule has 0 aliphatic carbocycles. The van der Waals surface area contributed by atoms with E-state index in [9.17, 15) is 14.4 Å². The molecule has 0 radical (unpaired) electrons. The molecule has 1 atom stereocenters. The van der Waals surface area contributed by atoms with Gasteiger partial charge >= 0.3 is 6.03 Å². The van der Waals surface area contributed by atoms with Crippen LogP contribution in [-0.4, -0.2) is 48.3 Å². The Bertz CT molecular complexity index is 308. The number of urea groups is 1. The maximum atomic E-state index is 11.6. The van der Waals surface area contributed by atoms with Crippen LogP contribution >= 0.6 is 11.6 Å². The Kier molecular flexibility index (Phi) is 4.54. The topological polar surface area (TPSA) is 78.5 Å². The second kappa shape index (κ2) is 5.69. The number of hydrogen-bond acceptors (Lipinski definition) is 3. The minimum Gasteiger partial charge on any atom is -0.357 e. The highest BCUT2D eigenvalue weighted by Gasteiger charge is 2.33. The lowest BCUT2D eigenvalue weighted by atomic mass is 10.2. The summed E-state index contributed by atoms with van der Waals surface area (Å²) in [7, 11) is 1.51. The van der Waals surface area contributed by atoms with Crippen LogP contribution in [0, 0.1) is 0 Å². The van der Waals surface area contributed by atoms with Crippen LogP contribution in [0.15, 0.2) is 0 Å². The molecule has 0 aromatic rings. The number of hydrogen-bond donors (Lipinski definition) is 2. The molecule has 1 unspecified atom stereocenters. The first kappa shape index (κ1) is 12.8. The van der Waals surface area contributed by atoms with E-state index in [4.69, 9.17) is 11.6 Å². The van der Waals surface area contributed by atoms with E-state index >= 15 is 0 Å². The van der Waals surface area contributed by atoms with Crippen molar-refractivity contribution in [1.82, 2.24) is 15.5 Å². The fourth-order valence-electron chi connectivity index (χ4n) is 1.67. The Morgan fingerprint density at radius 1 is 1.44 bits per heavy atom. The number of carbonyl (C=O) groups excluding carboxylic acids is 3. The number of nitrogens with one attached hydrogen (secondary N) is 2. The largest absolute Gasteiger partial charge is 0.357 e. The monoisotopic (exact) mass is 247 g/mol. The van der Waals surface area contributed by atoms with Crippen LogP contribution in [0.2, 0.25) is 0 Å². The molecule has 2 N–H and O–H groups in total. The molecular formula is C9H14ClN3O3. The van der Waals surface area contributed by atoms with Gasteiger partial charge in [0.1, 0.15) is 11.9 Å². The van der Waals surface area contributed by atoms with E-state index in [0.29, 0.717) is 13.0 Å². The van der Waals surface area contributed by atoms with Crippen LogP contribution in [0.3, 0.4) is 0 Å². The fraction of sp³-hybridized carbons (Fsp3) is 0.667. The SMILES string of the molecule is CNC(=O)C1CCCN1C(=O)NC(=O)CCl. The first-order chi connectivity index (χ1) is 7.60. The van der Waals surface area contributed by atoms with Crippen LogP contribution in [0.25, 0.3) is 0 Å². The Balaban J connectivity index is 2.61. The molecule has 0 bridgehead atoms. The van der Waals surface area contributed by atoms with Crippen LogP contribution < -0.4 is 10.6 Å². The number of imide groups is 1. The van der Waals surface area contributed by atoms with Crippen molar-refractivity contribution in [2.45, 2.75) is 18.9 Å². The normalized spacial score (nSPS) is 19.4. The van der Waals surface area contributed by atoms with Crippen molar-refractivity contribution in [2.24, 2.45) is 0 Å². The summed E-state index contributed by atoms with van der Waals surface area (Å²) in [6.45, 7) is 0.472. The van der Waals surface area contributed by atoms with E-state index in [1.165, 1.54) is 11.9 Å². The predicted molar refractivity (Wildman–Crippen MR) is 58.1 cm³/mol. The number of halogens is 1. The Morgan fingerprint density at radius 3 is 2.69 bits per heavy atom. The van der Waals surface area contributed by atoms with Crippen molar-refractivity contribution in [3.05, 3.63) is 0 Å². The van der Waals surface area contributed by atoms with E-state index in [1.807, 2.05) is 0 Å². The third kappa shape index (κ3) is 2.85. The van der Waals surface area contributed by atoms with E-state index in [0.717, 1.165) is 6.42 Å². The summed E-state index contributed by atoms with van der Waals surface area (Å²) >= 11 is 5.27. The van der Waals surface area contributed by atoms with E-state index in [2.05, 4.69) is 10.6 Å². The molecule has 1 fully saturated rings. The summed E-state index contributed by atoms with van der Waals surface area (Å²) in [4.78, 5) is 35.3. The Morgan fingerprint density at radius 2 is 2.12 bits per heavy atom. The van der Waals surface area contributed by atoms with Gasteiger partial charge in [-0.05, 0) is 12.8 Å². The minimum atomic E-state index is -0.561. The molecule has 4 amide bonds. The molecule has 1 aliphatic heterocycles. The zero-order chi connectivity index (χ0) is 12.1. The molecule has 0 aromatic carbocycles. The highest BCUT2D eigenvalue weighted by molar-refractivity contribution is 6.28. The highest BCUT2D eigenvalue weighted by atomic mass is 35.5. The van der Waals surface area contributed by atoms with Crippen molar-refractivity contribution in [1.29, 1.82) is 0 Å². The van der Waals surface area contributed by atoms with Gasteiger partial charge in [-0.15, -0.1) is 11.6 Å². The zero-order valence-corrected chi connectivity index (χ0v) is 9.71. The van der Waals surface area contributed by atoms with Crippen LogP contribution in [0.1, 0.15) is 12.8 Å². The summed E-state index contributed by atoms with van der Waals surface area (Å²) in [6.07, 6.45) is 1.36. The first-order valence-corrected chi connectivity index (χ1v) is 5.51. The Labute approximate surface area is 98.3 Å². The molecule has 0 spiro atoms. The summed E-state index contributed by atoms with van der Waals surface area (Å²) in [6, 6.07) is -1.05. The smallest absolute Gasteiger partial charge is 0.324 e. The molecular weight excluding hydrogens is 234 g/mol. The molecule has 1 rings (SSSR count). The maximum Gasteiger partial charge on any atom is 0.324 e. The van der Waals surface area contributed by atoms with Crippen molar-refractivity contribution in [2.75, 3.05) is 19.5 Å². The van der Waals surface area contributed by atoms with E-state index < -0.39 is 18.0 Å². The van der Waals surface area contributed by atoms with Gasteiger partial charge in [-0.3, -0.25) is 14.9 Å². The number of carbonyl (C=O) groups is 3. The van der Waals surface area contributed by atoms with Gasteiger partial charge in [-0.25, -0.2) is 4.79 Å². The lowest BCUT2D eigenvalue weighted by Gasteiger charge is -2.22. The van der Waals surface area contributed by atoms with Crippen molar-refractivity contribution >= 4 is 29.4 Å². The van der Waals surface area contributed by atoms with Gasteiger partial charge in [-0.1, -0.05) is 0 Å². The third-order valence-corrected chi connectivity index (χ3v) is 2.67. The molecule has 0 aromatic heterocycles. The minimum absolute atomic E-state index is 0.217. The summed E-state index contributed by atoms with van der Waals surface area (Å²) in [5.74, 6) is -1.05. The van der Waals surface area contributed by atoms with Crippen LogP contribution in [0.5, 0.6) is 0 Å². The number of amides is 4. The van der Waals surface area contributed by atoms with Gasteiger partial charge in [0.2, 0.25) is 11.8 Å². The van der Waals surface area contributed by atoms with Crippen molar-refractivity contribution in [3.63, 3.8) is 0 Å². The summed E-state index contributed by atoms with van der Waals surface area (Å²) in [5.41, 5.74) is 0. The Hall–Kier alpha value is -1.30. The second-order valence-electron chi connectivity index (χ2n) is 3.45. The maximum absolute atomic E-state index is 11.6. The molecule has 0 saturated carbocycles. The van der Waals surface area contributed by atoms with Crippen molar-refractivity contribution < 1.29 is 14.4 Å². The first-order valence-electron chi connectivity index (χ1n) is 4.98. The number of likely N-dealkylation sites (tertiary alicyclic amines) is 1. The summed E-state index contributed by atoms with van der Waals surface area (Å²) in [5, 5.41) is 4.60. The predicted octanol–water partition coefficient (Wildman–Crippen LogP) is -0.328. The molecule has 7 heteroatoms. The summed E-state index contributed by atoms with van der Waals surface area (Å²) < 4.78 is 0. The lowest BCUT2D eigenvalue weighted by molar-refractivity contribution is -0.124. The van der Waals surface area contributed by atoms with Gasteiger partial charge in [0.05, 0.1) is 0 Å². The number of likely N-dealkylation sites (N-methyl/N-ethyl adjacent to an activating group) is 1. The van der Waals surface area contributed by atoms with Gasteiger partial charge in [-0.2, -0.15) is 0 Å². The molecule has 90 valence electrons.